The molecule has 2 aromatic carbocycles. The molecule has 1 N–H and O–H groups in total. The van der Waals surface area contributed by atoms with Gasteiger partial charge in [-0.05, 0) is 36.4 Å². The maximum Gasteiger partial charge on any atom is 0.299 e. The molecule has 3 aromatic heterocycles. The van der Waals surface area contributed by atoms with E-state index in [1.165, 1.54) is 11.3 Å². The van der Waals surface area contributed by atoms with E-state index >= 15 is 0 Å². The van der Waals surface area contributed by atoms with Crippen molar-refractivity contribution >= 4 is 55.5 Å². The Morgan fingerprint density at radius 2 is 1.91 bits per heavy atom. The Balaban J connectivity index is 1.61. The quantitative estimate of drug-likeness (QED) is 0.323. The van der Waals surface area contributed by atoms with Crippen molar-refractivity contribution in [2.75, 3.05) is 18.1 Å². The molecule has 0 atom stereocenters. The van der Waals surface area contributed by atoms with E-state index in [1.54, 1.807) is 43.5 Å². The number of aromatic nitrogens is 2. The first-order valence-corrected chi connectivity index (χ1v) is 12.7. The molecule has 0 amide bonds. The average Bonchev–Trinajstić information content (AvgIpc) is 3.43. The van der Waals surface area contributed by atoms with E-state index in [0.29, 0.717) is 40.5 Å². The molecule has 0 aliphatic heterocycles. The average molecular weight is 496 g/mol. The molecular weight excluding hydrogens is 478 g/mol. The summed E-state index contributed by atoms with van der Waals surface area (Å²) in [6.07, 6.45) is 1.10. The highest BCUT2D eigenvalue weighted by atomic mass is 32.2. The lowest BCUT2D eigenvalue weighted by atomic mass is 10.1. The first-order chi connectivity index (χ1) is 16.3. The number of carbonyl (C=O) groups is 1. The maximum atomic E-state index is 11.7. The fourth-order valence-electron chi connectivity index (χ4n) is 3.60. The van der Waals surface area contributed by atoms with E-state index in [9.17, 15) is 13.2 Å². The second kappa shape index (κ2) is 8.43. The van der Waals surface area contributed by atoms with Crippen LogP contribution < -0.4 is 14.2 Å². The Hall–Kier alpha value is -3.96. The van der Waals surface area contributed by atoms with Gasteiger partial charge in [-0.25, -0.2) is 18.4 Å². The number of sulfonamides is 1. The first-order valence-electron chi connectivity index (χ1n) is 9.90. The summed E-state index contributed by atoms with van der Waals surface area (Å²) < 4.78 is 42.2. The minimum Gasteiger partial charge on any atom is -0.493 e. The van der Waals surface area contributed by atoms with E-state index < -0.39 is 10.0 Å². The monoisotopic (exact) mass is 495 g/mol. The lowest BCUT2D eigenvalue weighted by Gasteiger charge is -2.05. The van der Waals surface area contributed by atoms with Gasteiger partial charge in [0.15, 0.2) is 11.3 Å². The molecule has 0 unspecified atom stereocenters. The summed E-state index contributed by atoms with van der Waals surface area (Å²) in [5, 5.41) is 4.08. The number of furan rings is 1. The van der Waals surface area contributed by atoms with Crippen LogP contribution in [0.1, 0.15) is 0 Å². The van der Waals surface area contributed by atoms with Crippen LogP contribution in [0.25, 0.3) is 43.9 Å². The van der Waals surface area contributed by atoms with Crippen LogP contribution >= 0.6 is 11.3 Å². The lowest BCUT2D eigenvalue weighted by Crippen LogP contribution is -2.09. The van der Waals surface area contributed by atoms with Crippen LogP contribution in [-0.2, 0) is 14.8 Å². The van der Waals surface area contributed by atoms with Gasteiger partial charge < -0.3 is 13.9 Å². The summed E-state index contributed by atoms with van der Waals surface area (Å²) in [6, 6.07) is 13.9. The van der Waals surface area contributed by atoms with Crippen LogP contribution in [-0.4, -0.2) is 38.2 Å². The number of benzene rings is 2. The van der Waals surface area contributed by atoms with Crippen LogP contribution in [0.4, 0.5) is 5.69 Å². The molecule has 5 rings (SSSR count). The number of thiazole rings is 1. The molecule has 3 heterocycles. The molecule has 0 aliphatic carbocycles. The molecule has 34 heavy (non-hydrogen) atoms. The molecule has 9 nitrogen and oxygen atoms in total. The number of hydrogen-bond donors (Lipinski definition) is 1. The molecule has 0 saturated heterocycles. The number of nitrogens with one attached hydrogen (secondary N) is 1. The molecule has 0 aliphatic rings. The number of carbonyl (C=O) groups excluding carboxylic acids is 1. The second-order valence-corrected chi connectivity index (χ2v) is 9.96. The number of hydrogen-bond acceptors (Lipinski definition) is 9. The molecule has 0 radical (unpaired) electrons. The fourth-order valence-corrected chi connectivity index (χ4v) is 4.95. The second-order valence-electron chi connectivity index (χ2n) is 7.36. The number of methoxy groups -OCH3 is 1. The van der Waals surface area contributed by atoms with Crippen LogP contribution in [0, 0.1) is 0 Å². The van der Waals surface area contributed by atoms with Crippen molar-refractivity contribution in [1.82, 2.24) is 9.97 Å². The third-order valence-electron chi connectivity index (χ3n) is 4.97. The number of nitrogens with zero attached hydrogens (tertiary/aromatic N) is 2. The van der Waals surface area contributed by atoms with Crippen molar-refractivity contribution in [2.45, 2.75) is 0 Å². The Morgan fingerprint density at radius 3 is 2.68 bits per heavy atom. The maximum absolute atomic E-state index is 11.7. The van der Waals surface area contributed by atoms with E-state index in [-0.39, 0.29) is 5.88 Å². The van der Waals surface area contributed by atoms with Crippen molar-refractivity contribution in [3.05, 3.63) is 53.9 Å². The molecule has 0 bridgehead atoms. The van der Waals surface area contributed by atoms with Gasteiger partial charge in [0.05, 0.1) is 19.1 Å². The SMILES string of the molecule is COc1cc(-c2nc(-c3cccc(OC=O)n3)cs2)cc2c1oc1ccc(NS(C)(=O)=O)cc12. The first kappa shape index (κ1) is 21.9. The normalized spacial score (nSPS) is 11.6. The van der Waals surface area contributed by atoms with Crippen LogP contribution in [0.15, 0.2) is 58.3 Å². The molecule has 0 spiro atoms. The summed E-state index contributed by atoms with van der Waals surface area (Å²) in [5.74, 6) is 0.714. The van der Waals surface area contributed by atoms with Gasteiger partial charge in [-0.2, -0.15) is 0 Å². The summed E-state index contributed by atoms with van der Waals surface area (Å²) in [5.41, 5.74) is 3.58. The third-order valence-corrected chi connectivity index (χ3v) is 6.46. The minimum absolute atomic E-state index is 0.188. The number of fused-ring (bicyclic) bond motifs is 3. The van der Waals surface area contributed by atoms with Gasteiger partial charge >= 0.3 is 0 Å². The zero-order valence-electron chi connectivity index (χ0n) is 17.9. The van der Waals surface area contributed by atoms with Gasteiger partial charge in [0.1, 0.15) is 16.3 Å². The van der Waals surface area contributed by atoms with Gasteiger partial charge in [-0.1, -0.05) is 6.07 Å². The van der Waals surface area contributed by atoms with Gasteiger partial charge in [-0.15, -0.1) is 11.3 Å². The molecule has 172 valence electrons. The molecular formula is C23H17N3O6S2. The van der Waals surface area contributed by atoms with Crippen molar-refractivity contribution in [3.63, 3.8) is 0 Å². The zero-order chi connectivity index (χ0) is 23.9. The molecule has 0 saturated carbocycles. The van der Waals surface area contributed by atoms with Gasteiger partial charge in [0, 0.05) is 33.5 Å². The molecule has 5 aromatic rings. The summed E-state index contributed by atoms with van der Waals surface area (Å²) >= 11 is 1.42. The standard InChI is InChI=1S/C23H17N3O6S2/c1-30-20-9-13(23-25-18(11-33-23)17-4-3-5-21(24-17)31-12-27)8-16-15-10-14(26-34(2,28)29)6-7-19(15)32-22(16)20/h3-12,26H,1-2H3. The van der Waals surface area contributed by atoms with E-state index in [0.717, 1.165) is 27.6 Å². The fraction of sp³-hybridized carbons (Fsp3) is 0.0870. The highest BCUT2D eigenvalue weighted by molar-refractivity contribution is 7.92. The zero-order valence-corrected chi connectivity index (χ0v) is 19.6. The van der Waals surface area contributed by atoms with Crippen molar-refractivity contribution in [3.8, 4) is 33.6 Å². The summed E-state index contributed by atoms with van der Waals surface area (Å²) in [4.78, 5) is 19.6. The number of anilines is 1. The number of ether oxygens (including phenoxy) is 2. The Labute approximate surface area is 198 Å². The van der Waals surface area contributed by atoms with E-state index in [4.69, 9.17) is 18.9 Å². The molecule has 0 fully saturated rings. The Morgan fingerprint density at radius 1 is 1.06 bits per heavy atom. The molecule has 11 heteroatoms. The smallest absolute Gasteiger partial charge is 0.299 e. The predicted molar refractivity (Wildman–Crippen MR) is 130 cm³/mol. The summed E-state index contributed by atoms with van der Waals surface area (Å²) in [7, 11) is -1.87. The van der Waals surface area contributed by atoms with Crippen molar-refractivity contribution in [1.29, 1.82) is 0 Å². The number of rotatable bonds is 7. The van der Waals surface area contributed by atoms with Gasteiger partial charge in [-0.3, -0.25) is 9.52 Å². The van der Waals surface area contributed by atoms with E-state index in [1.807, 2.05) is 17.5 Å². The van der Waals surface area contributed by atoms with Crippen LogP contribution in [0.3, 0.4) is 0 Å². The van der Waals surface area contributed by atoms with Crippen LogP contribution in [0.2, 0.25) is 0 Å². The van der Waals surface area contributed by atoms with Gasteiger partial charge in [0.25, 0.3) is 6.47 Å². The highest BCUT2D eigenvalue weighted by Gasteiger charge is 2.17. The predicted octanol–water partition coefficient (Wildman–Crippen LogP) is 4.69. The third kappa shape index (κ3) is 4.18. The van der Waals surface area contributed by atoms with Crippen LogP contribution in [0.5, 0.6) is 11.6 Å². The van der Waals surface area contributed by atoms with Crippen molar-refractivity contribution < 1.29 is 27.1 Å². The Kier molecular flexibility index (Phi) is 5.42. The van der Waals surface area contributed by atoms with Crippen molar-refractivity contribution in [2.24, 2.45) is 0 Å². The minimum atomic E-state index is -3.42. The Bertz CT molecular complexity index is 1660. The van der Waals surface area contributed by atoms with E-state index in [2.05, 4.69) is 9.71 Å². The lowest BCUT2D eigenvalue weighted by molar-refractivity contribution is -0.120. The largest absolute Gasteiger partial charge is 0.493 e. The topological polar surface area (TPSA) is 121 Å². The highest BCUT2D eigenvalue weighted by Crippen LogP contribution is 2.40. The number of pyridine rings is 1. The van der Waals surface area contributed by atoms with Gasteiger partial charge in [0.2, 0.25) is 15.9 Å². The summed E-state index contributed by atoms with van der Waals surface area (Å²) in [6.45, 7) is 0.326.